The number of hydrogen-bond donors (Lipinski definition) is 0. The summed E-state index contributed by atoms with van der Waals surface area (Å²) in [5.74, 6) is 2.55. The maximum Gasteiger partial charge on any atom is 0.159 e. The molecule has 0 saturated carbocycles. The van der Waals surface area contributed by atoms with Gasteiger partial charge >= 0.3 is 0 Å². The van der Waals surface area contributed by atoms with Gasteiger partial charge in [0.05, 0.1) is 0 Å². The molecule has 0 aliphatic rings. The fourth-order valence-corrected chi connectivity index (χ4v) is 4.45. The maximum atomic E-state index is 4.64. The van der Waals surface area contributed by atoms with E-state index in [1.165, 1.54) is 101 Å². The third kappa shape index (κ3) is 12.9. The lowest BCUT2D eigenvalue weighted by Crippen LogP contribution is -1.94. The van der Waals surface area contributed by atoms with E-state index < -0.39 is 0 Å². The van der Waals surface area contributed by atoms with Gasteiger partial charge in [0.25, 0.3) is 0 Å². The van der Waals surface area contributed by atoms with Crippen molar-refractivity contribution in [3.63, 3.8) is 0 Å². The van der Waals surface area contributed by atoms with Gasteiger partial charge in [0.15, 0.2) is 5.82 Å². The number of benzene rings is 1. The maximum absolute atomic E-state index is 4.64. The van der Waals surface area contributed by atoms with Crippen LogP contribution < -0.4 is 0 Å². The molecule has 0 spiro atoms. The second-order valence-corrected chi connectivity index (χ2v) is 10.9. The number of nitrogens with zero attached hydrogens (tertiary/aromatic N) is 2. The van der Waals surface area contributed by atoms with Crippen LogP contribution in [0.3, 0.4) is 0 Å². The lowest BCUT2D eigenvalue weighted by atomic mass is 10.0. The summed E-state index contributed by atoms with van der Waals surface area (Å²) in [4.78, 5) is 9.28. The molecular weight excluding hydrogens is 400 g/mol. The summed E-state index contributed by atoms with van der Waals surface area (Å²) in [7, 11) is 0. The standard InChI is InChI=1S/C31H50N2/c1-26(2)16-12-8-5-6-10-15-19-29-24-32-31(33-25-29)30-22-20-28(21-23-30)18-14-11-7-9-13-17-27(3)4/h20-27H,5-19H2,1-4H3. The van der Waals surface area contributed by atoms with Crippen molar-refractivity contribution in [3.8, 4) is 11.4 Å². The van der Waals surface area contributed by atoms with Crippen LogP contribution in [0.1, 0.15) is 122 Å². The number of hydrogen-bond acceptors (Lipinski definition) is 2. The highest BCUT2D eigenvalue weighted by Gasteiger charge is 2.03. The Bertz CT molecular complexity index is 716. The van der Waals surface area contributed by atoms with Crippen LogP contribution in [0, 0.1) is 11.8 Å². The normalized spacial score (nSPS) is 11.6. The van der Waals surface area contributed by atoms with E-state index in [0.717, 1.165) is 29.6 Å². The molecule has 0 aliphatic heterocycles. The minimum Gasteiger partial charge on any atom is -0.236 e. The smallest absolute Gasteiger partial charge is 0.159 e. The van der Waals surface area contributed by atoms with Gasteiger partial charge in [-0.05, 0) is 48.6 Å². The molecule has 0 radical (unpaired) electrons. The lowest BCUT2D eigenvalue weighted by Gasteiger charge is -2.06. The van der Waals surface area contributed by atoms with E-state index in [9.17, 15) is 0 Å². The third-order valence-electron chi connectivity index (χ3n) is 6.66. The number of aryl methyl sites for hydroxylation is 2. The van der Waals surface area contributed by atoms with Crippen molar-refractivity contribution in [1.82, 2.24) is 9.97 Å². The van der Waals surface area contributed by atoms with Crippen molar-refractivity contribution in [3.05, 3.63) is 47.8 Å². The van der Waals surface area contributed by atoms with Gasteiger partial charge in [0, 0.05) is 18.0 Å². The second kappa shape index (κ2) is 16.8. The van der Waals surface area contributed by atoms with Gasteiger partial charge in [-0.15, -0.1) is 0 Å². The molecule has 0 bridgehead atoms. The van der Waals surface area contributed by atoms with Gasteiger partial charge in [-0.25, -0.2) is 9.97 Å². The van der Waals surface area contributed by atoms with Gasteiger partial charge in [0.2, 0.25) is 0 Å². The molecule has 2 nitrogen and oxygen atoms in total. The van der Waals surface area contributed by atoms with Crippen LogP contribution in [0.25, 0.3) is 11.4 Å². The summed E-state index contributed by atoms with van der Waals surface area (Å²) in [5.41, 5.74) is 3.82. The molecular formula is C31H50N2. The number of unbranched alkanes of at least 4 members (excludes halogenated alkanes) is 9. The molecule has 0 saturated heterocycles. The van der Waals surface area contributed by atoms with Crippen molar-refractivity contribution >= 4 is 0 Å². The van der Waals surface area contributed by atoms with Gasteiger partial charge in [-0.1, -0.05) is 123 Å². The fraction of sp³-hybridized carbons (Fsp3) is 0.677. The van der Waals surface area contributed by atoms with Gasteiger partial charge in [0.1, 0.15) is 0 Å². The van der Waals surface area contributed by atoms with Crippen LogP contribution in [-0.2, 0) is 12.8 Å². The molecule has 1 aromatic carbocycles. The van der Waals surface area contributed by atoms with Crippen molar-refractivity contribution < 1.29 is 0 Å². The van der Waals surface area contributed by atoms with Crippen LogP contribution in [0.15, 0.2) is 36.7 Å². The van der Waals surface area contributed by atoms with Crippen LogP contribution in [0.2, 0.25) is 0 Å². The molecule has 184 valence electrons. The minimum absolute atomic E-state index is 0.848. The largest absolute Gasteiger partial charge is 0.236 e. The Labute approximate surface area is 205 Å². The third-order valence-corrected chi connectivity index (χ3v) is 6.66. The highest BCUT2D eigenvalue weighted by molar-refractivity contribution is 5.55. The topological polar surface area (TPSA) is 25.8 Å². The predicted octanol–water partition coefficient (Wildman–Crippen LogP) is 9.61. The van der Waals surface area contributed by atoms with E-state index in [1.54, 1.807) is 0 Å². The highest BCUT2D eigenvalue weighted by Crippen LogP contribution is 2.18. The van der Waals surface area contributed by atoms with Gasteiger partial charge < -0.3 is 0 Å². The van der Waals surface area contributed by atoms with Crippen molar-refractivity contribution in [2.24, 2.45) is 11.8 Å². The van der Waals surface area contributed by atoms with E-state index in [0.29, 0.717) is 0 Å². The van der Waals surface area contributed by atoms with Gasteiger partial charge in [-0.2, -0.15) is 0 Å². The summed E-state index contributed by atoms with van der Waals surface area (Å²) in [6.07, 6.45) is 24.0. The molecule has 2 heteroatoms. The first-order chi connectivity index (χ1) is 16.0. The Hall–Kier alpha value is -1.70. The van der Waals surface area contributed by atoms with Crippen molar-refractivity contribution in [2.75, 3.05) is 0 Å². The molecule has 2 rings (SSSR count). The number of rotatable bonds is 18. The molecule has 2 aromatic rings. The zero-order valence-electron chi connectivity index (χ0n) is 22.1. The first-order valence-electron chi connectivity index (χ1n) is 13.9. The molecule has 0 aliphatic carbocycles. The molecule has 33 heavy (non-hydrogen) atoms. The summed E-state index contributed by atoms with van der Waals surface area (Å²) >= 11 is 0. The van der Waals surface area contributed by atoms with E-state index in [2.05, 4.69) is 61.9 Å². The summed E-state index contributed by atoms with van der Waals surface area (Å²) in [6.45, 7) is 9.28. The average Bonchev–Trinajstić information content (AvgIpc) is 2.80. The zero-order chi connectivity index (χ0) is 23.7. The van der Waals surface area contributed by atoms with Crippen LogP contribution in [-0.4, -0.2) is 9.97 Å². The van der Waals surface area contributed by atoms with Gasteiger partial charge in [-0.3, -0.25) is 0 Å². The van der Waals surface area contributed by atoms with Crippen LogP contribution in [0.5, 0.6) is 0 Å². The first-order valence-corrected chi connectivity index (χ1v) is 13.9. The molecule has 0 amide bonds. The Morgan fingerprint density at radius 1 is 0.515 bits per heavy atom. The van der Waals surface area contributed by atoms with E-state index in [4.69, 9.17) is 0 Å². The van der Waals surface area contributed by atoms with E-state index in [-0.39, 0.29) is 0 Å². The SMILES string of the molecule is CC(C)CCCCCCCCc1cnc(-c2ccc(CCCCCCCC(C)C)cc2)nc1. The fourth-order valence-electron chi connectivity index (χ4n) is 4.45. The van der Waals surface area contributed by atoms with Crippen LogP contribution in [0.4, 0.5) is 0 Å². The molecule has 0 unspecified atom stereocenters. The van der Waals surface area contributed by atoms with E-state index in [1.807, 2.05) is 12.4 Å². The summed E-state index contributed by atoms with van der Waals surface area (Å²) in [5, 5.41) is 0. The predicted molar refractivity (Wildman–Crippen MR) is 145 cm³/mol. The second-order valence-electron chi connectivity index (χ2n) is 10.9. The highest BCUT2D eigenvalue weighted by atomic mass is 14.9. The van der Waals surface area contributed by atoms with Crippen LogP contribution >= 0.6 is 0 Å². The Kier molecular flexibility index (Phi) is 14.1. The quantitative estimate of drug-likeness (QED) is 0.211. The molecule has 0 N–H and O–H groups in total. The van der Waals surface area contributed by atoms with Crippen molar-refractivity contribution in [1.29, 1.82) is 0 Å². The first kappa shape index (κ1) is 27.5. The molecule has 1 aromatic heterocycles. The Morgan fingerprint density at radius 2 is 0.939 bits per heavy atom. The zero-order valence-corrected chi connectivity index (χ0v) is 22.1. The Morgan fingerprint density at radius 3 is 1.42 bits per heavy atom. The van der Waals surface area contributed by atoms with Crippen molar-refractivity contribution in [2.45, 2.75) is 124 Å². The molecule has 0 atom stereocenters. The molecule has 0 fully saturated rings. The summed E-state index contributed by atoms with van der Waals surface area (Å²) < 4.78 is 0. The average molecular weight is 451 g/mol. The van der Waals surface area contributed by atoms with E-state index >= 15 is 0 Å². The monoisotopic (exact) mass is 450 g/mol. The Balaban J connectivity index is 1.60. The number of aromatic nitrogens is 2. The lowest BCUT2D eigenvalue weighted by molar-refractivity contribution is 0.511. The molecule has 1 heterocycles. The minimum atomic E-state index is 0.848. The summed E-state index contributed by atoms with van der Waals surface area (Å²) in [6, 6.07) is 8.89.